The van der Waals surface area contributed by atoms with Gasteiger partial charge in [0.2, 0.25) is 0 Å². The van der Waals surface area contributed by atoms with Crippen LogP contribution in [-0.4, -0.2) is 28.8 Å². The summed E-state index contributed by atoms with van der Waals surface area (Å²) in [6.07, 6.45) is 0.0419. The van der Waals surface area contributed by atoms with Gasteiger partial charge in [0.25, 0.3) is 0 Å². The van der Waals surface area contributed by atoms with Gasteiger partial charge in [-0.3, -0.25) is 5.41 Å². The second-order valence-corrected chi connectivity index (χ2v) is 7.52. The molecule has 1 atom stereocenters. The molecule has 0 saturated carbocycles. The van der Waals surface area contributed by atoms with Gasteiger partial charge in [-0.05, 0) is 61.6 Å². The molecule has 27 heavy (non-hydrogen) atoms. The van der Waals surface area contributed by atoms with Crippen LogP contribution in [0.5, 0.6) is 5.75 Å². The largest absolute Gasteiger partial charge is 0.490 e. The molecule has 0 aliphatic carbocycles. The van der Waals surface area contributed by atoms with Gasteiger partial charge in [-0.15, -0.1) is 11.8 Å². The molecule has 0 fully saturated rings. The van der Waals surface area contributed by atoms with Crippen molar-refractivity contribution in [1.82, 2.24) is 0 Å². The number of carbonyl (C=O) groups is 1. The van der Waals surface area contributed by atoms with Crippen molar-refractivity contribution in [3.8, 4) is 5.75 Å². The highest BCUT2D eigenvalue weighted by Gasteiger charge is 2.21. The van der Waals surface area contributed by atoms with Crippen molar-refractivity contribution in [3.63, 3.8) is 0 Å². The van der Waals surface area contributed by atoms with E-state index in [1.165, 1.54) is 0 Å². The first-order valence-electron chi connectivity index (χ1n) is 8.69. The molecule has 0 heterocycles. The number of amidine groups is 1. The fourth-order valence-electron chi connectivity index (χ4n) is 2.52. The average Bonchev–Trinajstić information content (AvgIpc) is 2.61. The first-order valence-corrected chi connectivity index (χ1v) is 9.67. The first kappa shape index (κ1) is 20.6. The van der Waals surface area contributed by atoms with Crippen molar-refractivity contribution in [2.24, 2.45) is 5.73 Å². The zero-order valence-electron chi connectivity index (χ0n) is 15.7. The maximum Gasteiger partial charge on any atom is 0.330 e. The fraction of sp³-hybridized carbons (Fsp3) is 0.300. The van der Waals surface area contributed by atoms with E-state index in [2.05, 4.69) is 5.32 Å². The molecule has 0 spiro atoms. The second-order valence-electron chi connectivity index (χ2n) is 6.21. The minimum absolute atomic E-state index is 0.0293. The lowest BCUT2D eigenvalue weighted by atomic mass is 10.1. The van der Waals surface area contributed by atoms with Crippen LogP contribution in [0.25, 0.3) is 0 Å². The van der Waals surface area contributed by atoms with Crippen LogP contribution in [0.4, 0.5) is 5.69 Å². The van der Waals surface area contributed by atoms with Crippen LogP contribution in [0.15, 0.2) is 47.4 Å². The standard InChI is InChI=1S/C20H25N3O3S/c1-4-27-17-11-14(7-10-16(17)26-12(2)3)18(20(24)25)23-15-8-5-13(6-9-15)19(21)22/h5-12,18,23H,4H2,1-3H3,(H3,21,22)(H,24,25). The summed E-state index contributed by atoms with van der Waals surface area (Å²) >= 11 is 1.62. The number of anilines is 1. The molecule has 0 amide bonds. The Hall–Kier alpha value is -2.67. The summed E-state index contributed by atoms with van der Waals surface area (Å²) in [5.41, 5.74) is 7.32. The number of nitrogens with one attached hydrogen (secondary N) is 2. The highest BCUT2D eigenvalue weighted by molar-refractivity contribution is 7.99. The Balaban J connectivity index is 2.31. The molecule has 7 heteroatoms. The number of hydrogen-bond donors (Lipinski definition) is 4. The van der Waals surface area contributed by atoms with Crippen LogP contribution < -0.4 is 15.8 Å². The summed E-state index contributed by atoms with van der Waals surface area (Å²) in [6, 6.07) is 11.3. The molecule has 2 aromatic carbocycles. The van der Waals surface area contributed by atoms with Crippen molar-refractivity contribution in [2.75, 3.05) is 11.1 Å². The molecule has 6 nitrogen and oxygen atoms in total. The maximum absolute atomic E-state index is 11.9. The molecular formula is C20H25N3O3S. The lowest BCUT2D eigenvalue weighted by molar-refractivity contribution is -0.138. The number of carboxylic acids is 1. The van der Waals surface area contributed by atoms with Crippen molar-refractivity contribution < 1.29 is 14.6 Å². The summed E-state index contributed by atoms with van der Waals surface area (Å²) in [5, 5.41) is 20.2. The smallest absolute Gasteiger partial charge is 0.330 e. The average molecular weight is 388 g/mol. The van der Waals surface area contributed by atoms with Gasteiger partial charge in [0.05, 0.1) is 6.10 Å². The molecule has 1 unspecified atom stereocenters. The number of nitrogens with two attached hydrogens (primary N) is 1. The Labute approximate surface area is 163 Å². The van der Waals surface area contributed by atoms with Crippen molar-refractivity contribution in [3.05, 3.63) is 53.6 Å². The van der Waals surface area contributed by atoms with Crippen LogP contribution in [0.2, 0.25) is 0 Å². The van der Waals surface area contributed by atoms with Gasteiger partial charge in [-0.2, -0.15) is 0 Å². The van der Waals surface area contributed by atoms with Gasteiger partial charge in [-0.1, -0.05) is 13.0 Å². The summed E-state index contributed by atoms with van der Waals surface area (Å²) in [7, 11) is 0. The SMILES string of the molecule is CCSc1cc(C(Nc2ccc(C(=N)N)cc2)C(=O)O)ccc1OC(C)C. The van der Waals surface area contributed by atoms with Crippen LogP contribution in [0, 0.1) is 5.41 Å². The maximum atomic E-state index is 11.9. The summed E-state index contributed by atoms with van der Waals surface area (Å²) in [4.78, 5) is 12.8. The zero-order chi connectivity index (χ0) is 20.0. The number of hydrogen-bond acceptors (Lipinski definition) is 5. The van der Waals surface area contributed by atoms with E-state index in [1.54, 1.807) is 42.1 Å². The van der Waals surface area contributed by atoms with Crippen LogP contribution in [0.1, 0.15) is 37.9 Å². The molecule has 0 bridgehead atoms. The normalized spacial score (nSPS) is 11.9. The summed E-state index contributed by atoms with van der Waals surface area (Å²) < 4.78 is 5.83. The highest BCUT2D eigenvalue weighted by atomic mass is 32.2. The highest BCUT2D eigenvalue weighted by Crippen LogP contribution is 2.33. The molecule has 0 aromatic heterocycles. The van der Waals surface area contributed by atoms with Gasteiger partial charge < -0.3 is 20.9 Å². The number of thioether (sulfide) groups is 1. The molecule has 5 N–H and O–H groups in total. The number of aliphatic carboxylic acids is 1. The predicted molar refractivity (Wildman–Crippen MR) is 110 cm³/mol. The lowest BCUT2D eigenvalue weighted by Crippen LogP contribution is -2.21. The minimum atomic E-state index is -0.976. The first-order chi connectivity index (χ1) is 12.8. The Kier molecular flexibility index (Phi) is 7.12. The van der Waals surface area contributed by atoms with E-state index in [4.69, 9.17) is 15.9 Å². The monoisotopic (exact) mass is 387 g/mol. The zero-order valence-corrected chi connectivity index (χ0v) is 16.5. The summed E-state index contributed by atoms with van der Waals surface area (Å²) in [5.74, 6) is 0.611. The van der Waals surface area contributed by atoms with E-state index >= 15 is 0 Å². The number of nitrogen functional groups attached to an aromatic ring is 1. The van der Waals surface area contributed by atoms with Gasteiger partial charge in [0.15, 0.2) is 6.04 Å². The molecule has 0 aliphatic heterocycles. The van der Waals surface area contributed by atoms with E-state index in [1.807, 2.05) is 32.9 Å². The number of benzene rings is 2. The third-order valence-corrected chi connectivity index (χ3v) is 4.64. The third-order valence-electron chi connectivity index (χ3n) is 3.72. The number of rotatable bonds is 9. The Bertz CT molecular complexity index is 807. The fourth-order valence-corrected chi connectivity index (χ4v) is 3.31. The second kappa shape index (κ2) is 9.32. The van der Waals surface area contributed by atoms with Crippen molar-refractivity contribution >= 4 is 29.3 Å². The van der Waals surface area contributed by atoms with E-state index < -0.39 is 12.0 Å². The molecule has 0 saturated heterocycles. The van der Waals surface area contributed by atoms with Gasteiger partial charge in [0.1, 0.15) is 11.6 Å². The Morgan fingerprint density at radius 2 is 1.93 bits per heavy atom. The number of carboxylic acid groups (broad SMARTS) is 1. The lowest BCUT2D eigenvalue weighted by Gasteiger charge is -2.19. The Morgan fingerprint density at radius 1 is 1.26 bits per heavy atom. The minimum Gasteiger partial charge on any atom is -0.490 e. The van der Waals surface area contributed by atoms with Crippen molar-refractivity contribution in [1.29, 1.82) is 5.41 Å². The van der Waals surface area contributed by atoms with Gasteiger partial charge in [-0.25, -0.2) is 4.79 Å². The van der Waals surface area contributed by atoms with E-state index in [0.717, 1.165) is 16.4 Å². The van der Waals surface area contributed by atoms with Crippen LogP contribution in [-0.2, 0) is 4.79 Å². The quantitative estimate of drug-likeness (QED) is 0.293. The van der Waals surface area contributed by atoms with E-state index in [0.29, 0.717) is 16.8 Å². The molecule has 0 radical (unpaired) electrons. The topological polar surface area (TPSA) is 108 Å². The van der Waals surface area contributed by atoms with E-state index in [-0.39, 0.29) is 11.9 Å². The molecule has 2 aromatic rings. The summed E-state index contributed by atoms with van der Waals surface area (Å²) in [6.45, 7) is 5.96. The Morgan fingerprint density at radius 3 is 2.44 bits per heavy atom. The van der Waals surface area contributed by atoms with E-state index in [9.17, 15) is 9.90 Å². The van der Waals surface area contributed by atoms with Gasteiger partial charge in [0, 0.05) is 16.1 Å². The van der Waals surface area contributed by atoms with Crippen LogP contribution >= 0.6 is 11.8 Å². The van der Waals surface area contributed by atoms with Crippen molar-refractivity contribution in [2.45, 2.75) is 37.8 Å². The predicted octanol–water partition coefficient (Wildman–Crippen LogP) is 4.11. The molecular weight excluding hydrogens is 362 g/mol. The molecule has 0 aliphatic rings. The number of ether oxygens (including phenoxy) is 1. The molecule has 2 rings (SSSR count). The molecule has 144 valence electrons. The van der Waals surface area contributed by atoms with Crippen LogP contribution in [0.3, 0.4) is 0 Å². The van der Waals surface area contributed by atoms with Gasteiger partial charge >= 0.3 is 5.97 Å². The third kappa shape index (κ3) is 5.65.